The summed E-state index contributed by atoms with van der Waals surface area (Å²) in [5, 5.41) is 2.97. The Morgan fingerprint density at radius 1 is 0.762 bits per heavy atom. The number of carbonyl (C=O) groups excluding carboxylic acids is 1. The molecule has 42 heavy (non-hydrogen) atoms. The molecule has 0 saturated heterocycles. The Morgan fingerprint density at radius 3 is 1.95 bits per heavy atom. The molecular formula is C31H40N2O8S. The molecule has 0 saturated carbocycles. The smallest absolute Gasteiger partial charge is 0.265 e. The molecular weight excluding hydrogens is 560 g/mol. The minimum atomic E-state index is -4.32. The zero-order valence-electron chi connectivity index (χ0n) is 25.6. The van der Waals surface area contributed by atoms with Crippen LogP contribution in [0.1, 0.15) is 49.4 Å². The van der Waals surface area contributed by atoms with Gasteiger partial charge in [0.05, 0.1) is 52.2 Å². The topological polar surface area (TPSA) is 113 Å². The molecule has 0 bridgehead atoms. The van der Waals surface area contributed by atoms with Crippen LogP contribution in [0.2, 0.25) is 0 Å². The van der Waals surface area contributed by atoms with Crippen LogP contribution in [0.4, 0.5) is 5.69 Å². The van der Waals surface area contributed by atoms with Gasteiger partial charge in [-0.1, -0.05) is 13.8 Å². The molecule has 0 heterocycles. The van der Waals surface area contributed by atoms with Gasteiger partial charge in [-0.05, 0) is 72.9 Å². The van der Waals surface area contributed by atoms with Crippen LogP contribution >= 0.6 is 0 Å². The lowest BCUT2D eigenvalue weighted by Crippen LogP contribution is -2.42. The first-order chi connectivity index (χ1) is 19.9. The third-order valence-corrected chi connectivity index (χ3v) is 8.73. The van der Waals surface area contributed by atoms with E-state index in [1.165, 1.54) is 52.7 Å². The van der Waals surface area contributed by atoms with E-state index in [4.69, 9.17) is 23.7 Å². The van der Waals surface area contributed by atoms with Gasteiger partial charge < -0.3 is 29.0 Å². The molecule has 0 radical (unpaired) electrons. The van der Waals surface area contributed by atoms with Crippen molar-refractivity contribution in [3.8, 4) is 28.7 Å². The normalized spacial score (nSPS) is 12.0. The summed E-state index contributed by atoms with van der Waals surface area (Å²) in [5.41, 5.74) is 2.99. The van der Waals surface area contributed by atoms with E-state index in [9.17, 15) is 13.2 Å². The van der Waals surface area contributed by atoms with Crippen molar-refractivity contribution in [1.82, 2.24) is 5.32 Å². The van der Waals surface area contributed by atoms with Crippen molar-refractivity contribution in [3.63, 3.8) is 0 Å². The highest BCUT2D eigenvalue weighted by atomic mass is 32.2. The summed E-state index contributed by atoms with van der Waals surface area (Å²) in [6, 6.07) is 12.5. The number of methoxy groups -OCH3 is 5. The molecule has 1 atom stereocenters. The summed E-state index contributed by atoms with van der Waals surface area (Å²) in [5.74, 6) is 1.69. The van der Waals surface area contributed by atoms with Gasteiger partial charge in [-0.2, -0.15) is 0 Å². The van der Waals surface area contributed by atoms with Crippen molar-refractivity contribution in [2.75, 3.05) is 46.4 Å². The fourth-order valence-electron chi connectivity index (χ4n) is 4.70. The lowest BCUT2D eigenvalue weighted by molar-refractivity contribution is -0.120. The predicted molar refractivity (Wildman–Crippen MR) is 162 cm³/mol. The van der Waals surface area contributed by atoms with Crippen molar-refractivity contribution in [3.05, 3.63) is 65.2 Å². The predicted octanol–water partition coefficient (Wildman–Crippen LogP) is 5.23. The van der Waals surface area contributed by atoms with E-state index in [1.807, 2.05) is 26.0 Å². The number of hydrogen-bond acceptors (Lipinski definition) is 8. The van der Waals surface area contributed by atoms with Crippen molar-refractivity contribution < 1.29 is 36.9 Å². The molecule has 0 fully saturated rings. The van der Waals surface area contributed by atoms with Crippen LogP contribution in [0.25, 0.3) is 0 Å². The molecule has 10 nitrogen and oxygen atoms in total. The number of aryl methyl sites for hydroxylation is 1. The van der Waals surface area contributed by atoms with E-state index in [2.05, 4.69) is 19.2 Å². The van der Waals surface area contributed by atoms with Gasteiger partial charge >= 0.3 is 0 Å². The molecule has 3 aromatic rings. The molecule has 0 aliphatic carbocycles. The number of hydrogen-bond donors (Lipinski definition) is 1. The number of nitrogens with one attached hydrogen (secondary N) is 1. The highest BCUT2D eigenvalue weighted by molar-refractivity contribution is 7.92. The summed E-state index contributed by atoms with van der Waals surface area (Å²) in [6.45, 7) is 7.41. The number of ether oxygens (including phenoxy) is 5. The Labute approximate surface area is 248 Å². The Morgan fingerprint density at radius 2 is 1.38 bits per heavy atom. The third kappa shape index (κ3) is 6.84. The fourth-order valence-corrected chi connectivity index (χ4v) is 6.14. The SMILES string of the molecule is COc1ccc(OC)c(N(CC(=O)NC(C)c2cc(C(C)C)c(OC)cc2C)S(=O)(=O)c2ccc(OC)c(OC)c2)c1. The largest absolute Gasteiger partial charge is 0.497 e. The van der Waals surface area contributed by atoms with E-state index in [1.54, 1.807) is 19.2 Å². The van der Waals surface area contributed by atoms with Crippen LogP contribution in [-0.4, -0.2) is 56.4 Å². The molecule has 0 aliphatic rings. The van der Waals surface area contributed by atoms with Gasteiger partial charge in [0.1, 0.15) is 23.8 Å². The summed E-state index contributed by atoms with van der Waals surface area (Å²) < 4.78 is 56.3. The molecule has 0 spiro atoms. The number of sulfonamides is 1. The molecule has 3 aromatic carbocycles. The van der Waals surface area contributed by atoms with Crippen LogP contribution in [-0.2, 0) is 14.8 Å². The first kappa shape index (κ1) is 32.4. The molecule has 1 unspecified atom stereocenters. The van der Waals surface area contributed by atoms with Gasteiger partial charge in [-0.3, -0.25) is 9.10 Å². The minimum Gasteiger partial charge on any atom is -0.497 e. The maximum Gasteiger partial charge on any atom is 0.265 e. The van der Waals surface area contributed by atoms with Gasteiger partial charge in [0.2, 0.25) is 5.91 Å². The second kappa shape index (κ2) is 13.7. The maximum atomic E-state index is 14.1. The Kier molecular flexibility index (Phi) is 10.6. The highest BCUT2D eigenvalue weighted by Gasteiger charge is 2.31. The summed E-state index contributed by atoms with van der Waals surface area (Å²) >= 11 is 0. The summed E-state index contributed by atoms with van der Waals surface area (Å²) in [7, 11) is 3.08. The number of amides is 1. The van der Waals surface area contributed by atoms with E-state index < -0.39 is 28.5 Å². The van der Waals surface area contributed by atoms with Crippen LogP contribution in [0.5, 0.6) is 28.7 Å². The Balaban J connectivity index is 2.06. The molecule has 1 N–H and O–H groups in total. The van der Waals surface area contributed by atoms with Gasteiger partial charge in [-0.15, -0.1) is 0 Å². The summed E-state index contributed by atoms with van der Waals surface area (Å²) in [6.07, 6.45) is 0. The Bertz CT molecular complexity index is 1520. The van der Waals surface area contributed by atoms with Crippen LogP contribution in [0.15, 0.2) is 53.4 Å². The van der Waals surface area contributed by atoms with Crippen molar-refractivity contribution in [2.45, 2.75) is 44.6 Å². The van der Waals surface area contributed by atoms with Crippen molar-refractivity contribution >= 4 is 21.6 Å². The van der Waals surface area contributed by atoms with Gasteiger partial charge in [-0.25, -0.2) is 8.42 Å². The quantitative estimate of drug-likeness (QED) is 0.284. The highest BCUT2D eigenvalue weighted by Crippen LogP contribution is 2.38. The average molecular weight is 601 g/mol. The van der Waals surface area contributed by atoms with Gasteiger partial charge in [0.25, 0.3) is 10.0 Å². The number of nitrogens with zero attached hydrogens (tertiary/aromatic N) is 1. The zero-order valence-corrected chi connectivity index (χ0v) is 26.4. The van der Waals surface area contributed by atoms with Crippen molar-refractivity contribution in [2.24, 2.45) is 0 Å². The van der Waals surface area contributed by atoms with E-state index >= 15 is 0 Å². The maximum absolute atomic E-state index is 14.1. The van der Waals surface area contributed by atoms with Crippen LogP contribution in [0, 0.1) is 6.92 Å². The standard InChI is InChI=1S/C31H40N2O8S/c1-19(2)24-17-25(20(3)14-29(24)40-8)21(4)32-31(34)18-33(26-15-22(37-5)10-12-27(26)38-6)42(35,36)23-11-13-28(39-7)30(16-23)41-9/h10-17,19,21H,18H2,1-9H3,(H,32,34). The molecule has 1 amide bonds. The number of carbonyl (C=O) groups is 1. The first-order valence-electron chi connectivity index (χ1n) is 13.4. The minimum absolute atomic E-state index is 0.0987. The first-order valence-corrected chi connectivity index (χ1v) is 14.8. The molecule has 0 aromatic heterocycles. The van der Waals surface area contributed by atoms with Gasteiger partial charge in [0.15, 0.2) is 11.5 Å². The summed E-state index contributed by atoms with van der Waals surface area (Å²) in [4.78, 5) is 13.5. The van der Waals surface area contributed by atoms with Crippen LogP contribution < -0.4 is 33.3 Å². The molecule has 228 valence electrons. The van der Waals surface area contributed by atoms with Crippen molar-refractivity contribution in [1.29, 1.82) is 0 Å². The van der Waals surface area contributed by atoms with E-state index in [0.29, 0.717) is 11.5 Å². The van der Waals surface area contributed by atoms with Gasteiger partial charge in [0, 0.05) is 12.1 Å². The zero-order chi connectivity index (χ0) is 31.2. The monoisotopic (exact) mass is 600 g/mol. The second-order valence-corrected chi connectivity index (χ2v) is 11.8. The molecule has 0 aliphatic heterocycles. The van der Waals surface area contributed by atoms with E-state index in [-0.39, 0.29) is 28.0 Å². The van der Waals surface area contributed by atoms with E-state index in [0.717, 1.165) is 26.7 Å². The molecule has 3 rings (SSSR count). The second-order valence-electron chi connectivity index (χ2n) is 9.96. The van der Waals surface area contributed by atoms with Crippen LogP contribution in [0.3, 0.4) is 0 Å². The number of benzene rings is 3. The fraction of sp³-hybridized carbons (Fsp3) is 0.387. The number of rotatable bonds is 13. The molecule has 11 heteroatoms. The lowest BCUT2D eigenvalue weighted by atomic mass is 9.93. The average Bonchev–Trinajstić information content (AvgIpc) is 2.98. The lowest BCUT2D eigenvalue weighted by Gasteiger charge is -2.27. The Hall–Kier alpha value is -4.12. The number of anilines is 1. The third-order valence-electron chi connectivity index (χ3n) is 6.97.